The summed E-state index contributed by atoms with van der Waals surface area (Å²) in [5.74, 6) is 0.764. The normalized spacial score (nSPS) is 11.8. The third-order valence-corrected chi connectivity index (χ3v) is 3.97. The van der Waals surface area contributed by atoms with Crippen LogP contribution >= 0.6 is 11.6 Å². The van der Waals surface area contributed by atoms with Crippen molar-refractivity contribution in [1.29, 1.82) is 0 Å². The molecule has 1 N–H and O–H groups in total. The van der Waals surface area contributed by atoms with E-state index in [1.54, 1.807) is 0 Å². The molecule has 0 heterocycles. The van der Waals surface area contributed by atoms with Crippen molar-refractivity contribution in [1.82, 2.24) is 0 Å². The van der Waals surface area contributed by atoms with Gasteiger partial charge in [-0.05, 0) is 25.0 Å². The average molecular weight is 279 g/mol. The smallest absolute Gasteiger partial charge is 0.127 e. The number of hydrogen-bond acceptors (Lipinski definition) is 2. The number of halogens is 1. The minimum atomic E-state index is -0.763. The van der Waals surface area contributed by atoms with Gasteiger partial charge in [0.2, 0.25) is 0 Å². The van der Waals surface area contributed by atoms with Gasteiger partial charge in [-0.3, -0.25) is 0 Å². The van der Waals surface area contributed by atoms with Gasteiger partial charge in [0.05, 0.1) is 5.60 Å². The van der Waals surface area contributed by atoms with Gasteiger partial charge in [0.25, 0.3) is 0 Å². The van der Waals surface area contributed by atoms with E-state index >= 15 is 0 Å². The van der Waals surface area contributed by atoms with Gasteiger partial charge < -0.3 is 9.84 Å². The minimum absolute atomic E-state index is 0.297. The summed E-state index contributed by atoms with van der Waals surface area (Å²) in [7, 11) is 0. The number of fused-ring (bicyclic) bond motifs is 1. The van der Waals surface area contributed by atoms with Crippen LogP contribution in [0.3, 0.4) is 0 Å². The summed E-state index contributed by atoms with van der Waals surface area (Å²) in [6, 6.07) is 11.5. The van der Waals surface area contributed by atoms with Gasteiger partial charge in [0.1, 0.15) is 12.4 Å². The monoisotopic (exact) mass is 278 g/mol. The van der Waals surface area contributed by atoms with Gasteiger partial charge in [-0.15, -0.1) is 0 Å². The molecule has 0 aliphatic carbocycles. The Morgan fingerprint density at radius 1 is 1.05 bits per heavy atom. The highest BCUT2D eigenvalue weighted by Crippen LogP contribution is 2.32. The maximum atomic E-state index is 10.3. The van der Waals surface area contributed by atoms with Crippen LogP contribution in [0.5, 0.6) is 5.75 Å². The first-order valence-electron chi connectivity index (χ1n) is 6.62. The van der Waals surface area contributed by atoms with E-state index in [-0.39, 0.29) is 0 Å². The quantitative estimate of drug-likeness (QED) is 0.877. The summed E-state index contributed by atoms with van der Waals surface area (Å²) in [4.78, 5) is 0. The zero-order valence-corrected chi connectivity index (χ0v) is 12.1. The first-order valence-corrected chi connectivity index (χ1v) is 7.00. The van der Waals surface area contributed by atoms with E-state index in [2.05, 4.69) is 0 Å². The largest absolute Gasteiger partial charge is 0.490 e. The van der Waals surface area contributed by atoms with Gasteiger partial charge >= 0.3 is 0 Å². The highest BCUT2D eigenvalue weighted by atomic mass is 35.5. The lowest BCUT2D eigenvalue weighted by Crippen LogP contribution is -2.34. The van der Waals surface area contributed by atoms with Crippen LogP contribution in [0.4, 0.5) is 0 Å². The van der Waals surface area contributed by atoms with Crippen molar-refractivity contribution in [3.8, 4) is 5.75 Å². The van der Waals surface area contributed by atoms with Crippen molar-refractivity contribution >= 4 is 22.4 Å². The third-order valence-electron chi connectivity index (χ3n) is 3.64. The maximum absolute atomic E-state index is 10.3. The molecule has 0 amide bonds. The first-order chi connectivity index (χ1) is 9.09. The lowest BCUT2D eigenvalue weighted by molar-refractivity contribution is -0.0109. The standard InChI is InChI=1S/C16H19ClO2/c1-3-16(18,4-2)11-19-15-10-9-14(17)12-7-5-6-8-13(12)15/h5-10,18H,3-4,11H2,1-2H3. The number of aliphatic hydroxyl groups is 1. The summed E-state index contributed by atoms with van der Waals surface area (Å²) < 4.78 is 5.81. The Morgan fingerprint density at radius 3 is 2.32 bits per heavy atom. The van der Waals surface area contributed by atoms with Crippen LogP contribution in [0, 0.1) is 0 Å². The van der Waals surface area contributed by atoms with Crippen LogP contribution in [0.1, 0.15) is 26.7 Å². The molecule has 2 rings (SSSR count). The van der Waals surface area contributed by atoms with Crippen LogP contribution in [0.2, 0.25) is 5.02 Å². The molecule has 0 saturated carbocycles. The Kier molecular flexibility index (Phi) is 4.33. The fraction of sp³-hybridized carbons (Fsp3) is 0.375. The molecule has 2 aromatic rings. The van der Waals surface area contributed by atoms with Crippen LogP contribution in [0.15, 0.2) is 36.4 Å². The Bertz CT molecular complexity index is 562. The van der Waals surface area contributed by atoms with Crippen LogP contribution in [-0.4, -0.2) is 17.3 Å². The predicted octanol–water partition coefficient (Wildman–Crippen LogP) is 4.42. The molecular formula is C16H19ClO2. The number of rotatable bonds is 5. The maximum Gasteiger partial charge on any atom is 0.127 e. The second-order valence-electron chi connectivity index (χ2n) is 4.81. The van der Waals surface area contributed by atoms with E-state index in [1.807, 2.05) is 50.2 Å². The van der Waals surface area contributed by atoms with Gasteiger partial charge in [0.15, 0.2) is 0 Å². The SMILES string of the molecule is CCC(O)(CC)COc1ccc(Cl)c2ccccc12. The second kappa shape index (κ2) is 5.81. The van der Waals surface area contributed by atoms with E-state index in [9.17, 15) is 5.11 Å². The molecule has 19 heavy (non-hydrogen) atoms. The van der Waals surface area contributed by atoms with Crippen LogP contribution < -0.4 is 4.74 Å². The highest BCUT2D eigenvalue weighted by molar-refractivity contribution is 6.35. The fourth-order valence-corrected chi connectivity index (χ4v) is 2.25. The zero-order valence-electron chi connectivity index (χ0n) is 11.3. The van der Waals surface area contributed by atoms with E-state index in [0.29, 0.717) is 24.5 Å². The Hall–Kier alpha value is -1.25. The molecule has 0 atom stereocenters. The molecular weight excluding hydrogens is 260 g/mol. The minimum Gasteiger partial charge on any atom is -0.490 e. The lowest BCUT2D eigenvalue weighted by atomic mass is 9.99. The molecule has 0 saturated heterocycles. The summed E-state index contributed by atoms with van der Waals surface area (Å²) in [6.45, 7) is 4.23. The molecule has 0 fully saturated rings. The molecule has 0 aliphatic heterocycles. The van der Waals surface area contributed by atoms with Crippen molar-refractivity contribution in [3.05, 3.63) is 41.4 Å². The van der Waals surface area contributed by atoms with E-state index in [0.717, 1.165) is 16.5 Å². The van der Waals surface area contributed by atoms with Gasteiger partial charge in [-0.1, -0.05) is 49.7 Å². The second-order valence-corrected chi connectivity index (χ2v) is 5.22. The third kappa shape index (κ3) is 3.02. The Balaban J connectivity index is 2.29. The number of benzene rings is 2. The summed E-state index contributed by atoms with van der Waals surface area (Å²) in [6.07, 6.45) is 1.35. The van der Waals surface area contributed by atoms with Crippen molar-refractivity contribution < 1.29 is 9.84 Å². The predicted molar refractivity (Wildman–Crippen MR) is 80.0 cm³/mol. The molecule has 0 radical (unpaired) electrons. The van der Waals surface area contributed by atoms with Crippen LogP contribution in [0.25, 0.3) is 10.8 Å². The fourth-order valence-electron chi connectivity index (χ4n) is 2.03. The first kappa shape index (κ1) is 14.2. The lowest BCUT2D eigenvalue weighted by Gasteiger charge is -2.25. The summed E-state index contributed by atoms with van der Waals surface area (Å²) >= 11 is 6.17. The highest BCUT2D eigenvalue weighted by Gasteiger charge is 2.23. The molecule has 0 aromatic heterocycles. The molecule has 3 heteroatoms. The summed E-state index contributed by atoms with van der Waals surface area (Å²) in [5, 5.41) is 12.9. The molecule has 0 unspecified atom stereocenters. The van der Waals surface area contributed by atoms with Crippen molar-refractivity contribution in [2.45, 2.75) is 32.3 Å². The van der Waals surface area contributed by atoms with Crippen molar-refractivity contribution in [2.24, 2.45) is 0 Å². The topological polar surface area (TPSA) is 29.5 Å². The summed E-state index contributed by atoms with van der Waals surface area (Å²) in [5.41, 5.74) is -0.763. The van der Waals surface area contributed by atoms with Gasteiger partial charge in [-0.25, -0.2) is 0 Å². The van der Waals surface area contributed by atoms with E-state index in [1.165, 1.54) is 0 Å². The van der Waals surface area contributed by atoms with E-state index < -0.39 is 5.60 Å². The van der Waals surface area contributed by atoms with E-state index in [4.69, 9.17) is 16.3 Å². The zero-order chi connectivity index (χ0) is 13.9. The van der Waals surface area contributed by atoms with Crippen LogP contribution in [-0.2, 0) is 0 Å². The molecule has 102 valence electrons. The average Bonchev–Trinajstić information content (AvgIpc) is 2.46. The number of ether oxygens (including phenoxy) is 1. The molecule has 0 bridgehead atoms. The van der Waals surface area contributed by atoms with Crippen molar-refractivity contribution in [3.63, 3.8) is 0 Å². The Labute approximate surface area is 119 Å². The van der Waals surface area contributed by atoms with Gasteiger partial charge in [-0.2, -0.15) is 0 Å². The molecule has 0 aliphatic rings. The molecule has 0 spiro atoms. The van der Waals surface area contributed by atoms with Gasteiger partial charge in [0, 0.05) is 15.8 Å². The number of hydrogen-bond donors (Lipinski definition) is 1. The Morgan fingerprint density at radius 2 is 1.68 bits per heavy atom. The van der Waals surface area contributed by atoms with Crippen molar-refractivity contribution in [2.75, 3.05) is 6.61 Å². The molecule has 2 nitrogen and oxygen atoms in total. The molecule has 2 aromatic carbocycles.